The molecule has 0 N–H and O–H groups in total. The van der Waals surface area contributed by atoms with Crippen molar-refractivity contribution in [2.45, 2.75) is 39.8 Å². The second-order valence-corrected chi connectivity index (χ2v) is 8.87. The molecule has 4 rings (SSSR count). The third-order valence-electron chi connectivity index (χ3n) is 5.93. The van der Waals surface area contributed by atoms with Gasteiger partial charge < -0.3 is 0 Å². The molecule has 0 saturated carbocycles. The van der Waals surface area contributed by atoms with Crippen molar-refractivity contribution in [3.63, 3.8) is 0 Å². The number of hydrogen-bond donors (Lipinski definition) is 0. The van der Waals surface area contributed by atoms with Gasteiger partial charge in [-0.3, -0.25) is 29.5 Å². The van der Waals surface area contributed by atoms with Crippen LogP contribution in [0.3, 0.4) is 0 Å². The summed E-state index contributed by atoms with van der Waals surface area (Å²) in [6, 6.07) is 2.68. The number of amides is 2. The Labute approximate surface area is 173 Å². The Morgan fingerprint density at radius 1 is 1.17 bits per heavy atom. The van der Waals surface area contributed by atoms with Crippen LogP contribution in [0, 0.1) is 34.3 Å². The molecular formula is C21H22N4O5. The maximum Gasteiger partial charge on any atom is 0.269 e. The van der Waals surface area contributed by atoms with E-state index in [1.54, 1.807) is 51.1 Å². The highest BCUT2D eigenvalue weighted by molar-refractivity contribution is 6.24. The molecule has 0 radical (unpaired) electrons. The first kappa shape index (κ1) is 19.9. The van der Waals surface area contributed by atoms with Crippen molar-refractivity contribution in [3.05, 3.63) is 46.0 Å². The number of Topliss-reactive ketones (excluding diaryl/α,β-unsaturated/α-hetero) is 1. The number of non-ortho nitro benzene ring substituents is 1. The molecule has 9 heteroatoms. The van der Waals surface area contributed by atoms with Crippen LogP contribution in [0.25, 0.3) is 0 Å². The Morgan fingerprint density at radius 3 is 2.43 bits per heavy atom. The third kappa shape index (κ3) is 2.76. The second-order valence-electron chi connectivity index (χ2n) is 8.87. The number of carbonyl (C=O) groups excluding carboxylic acids is 3. The van der Waals surface area contributed by atoms with Gasteiger partial charge in [-0.15, -0.1) is 0 Å². The zero-order valence-corrected chi connectivity index (χ0v) is 17.1. The molecule has 3 aliphatic rings. The number of aryl methyl sites for hydroxylation is 1. The summed E-state index contributed by atoms with van der Waals surface area (Å²) < 4.78 is 0. The normalized spacial score (nSPS) is 27.5. The number of ketones is 1. The zero-order valence-electron chi connectivity index (χ0n) is 17.1. The van der Waals surface area contributed by atoms with E-state index in [9.17, 15) is 24.5 Å². The fraction of sp³-hybridized carbons (Fsp3) is 0.429. The SMILES string of the molecule is Cc1cc([N+](=O)[O-])ccc1N1C(=O)[C@@H]2[C@H](C1=O)[C@@H](C(=O)C(C)(C)C)N1N=CC=C[C@@H]21. The topological polar surface area (TPSA) is 113 Å². The van der Waals surface area contributed by atoms with E-state index in [1.165, 1.54) is 18.2 Å². The van der Waals surface area contributed by atoms with Gasteiger partial charge in [-0.1, -0.05) is 26.8 Å². The lowest BCUT2D eigenvalue weighted by Crippen LogP contribution is -2.49. The standard InChI is InChI=1S/C21H22N4O5/c1-11-10-12(25(29)30)7-8-13(11)23-19(27)15-14-6-5-9-22-24(14)17(16(15)20(23)28)18(26)21(2,3)4/h5-10,14-17H,1-4H3/t14-,15-,16-,17-/m0/s1. The maximum atomic E-state index is 13.5. The largest absolute Gasteiger partial charge is 0.297 e. The van der Waals surface area contributed by atoms with E-state index in [2.05, 4.69) is 5.10 Å². The van der Waals surface area contributed by atoms with Crippen LogP contribution in [0.15, 0.2) is 35.5 Å². The molecular weight excluding hydrogens is 388 g/mol. The van der Waals surface area contributed by atoms with Gasteiger partial charge in [0.25, 0.3) is 5.69 Å². The number of rotatable bonds is 3. The number of nitro groups is 1. The number of benzene rings is 1. The average molecular weight is 410 g/mol. The Morgan fingerprint density at radius 2 is 1.83 bits per heavy atom. The number of anilines is 1. The van der Waals surface area contributed by atoms with Crippen LogP contribution in [-0.4, -0.2) is 45.8 Å². The number of nitro benzene ring substituents is 1. The van der Waals surface area contributed by atoms with Crippen molar-refractivity contribution in [2.24, 2.45) is 22.4 Å². The molecule has 0 unspecified atom stereocenters. The molecule has 0 bridgehead atoms. The second kappa shape index (κ2) is 6.58. The molecule has 1 aromatic carbocycles. The summed E-state index contributed by atoms with van der Waals surface area (Å²) in [6.07, 6.45) is 5.05. The van der Waals surface area contributed by atoms with Crippen LogP contribution in [-0.2, 0) is 14.4 Å². The summed E-state index contributed by atoms with van der Waals surface area (Å²) in [4.78, 5) is 51.7. The summed E-state index contributed by atoms with van der Waals surface area (Å²) in [5, 5.41) is 16.9. The van der Waals surface area contributed by atoms with Gasteiger partial charge in [0.1, 0.15) is 6.04 Å². The number of allylic oxidation sites excluding steroid dienone is 1. The Balaban J connectivity index is 1.79. The summed E-state index contributed by atoms with van der Waals surface area (Å²) >= 11 is 0. The van der Waals surface area contributed by atoms with Crippen LogP contribution in [0.5, 0.6) is 0 Å². The molecule has 0 aliphatic carbocycles. The van der Waals surface area contributed by atoms with Crippen LogP contribution in [0.2, 0.25) is 0 Å². The van der Waals surface area contributed by atoms with E-state index in [4.69, 9.17) is 0 Å². The molecule has 2 amide bonds. The van der Waals surface area contributed by atoms with Crippen molar-refractivity contribution < 1.29 is 19.3 Å². The molecule has 4 atom stereocenters. The van der Waals surface area contributed by atoms with Gasteiger partial charge in [0, 0.05) is 23.8 Å². The van der Waals surface area contributed by atoms with Gasteiger partial charge in [0.05, 0.1) is 28.5 Å². The zero-order chi connectivity index (χ0) is 22.0. The first-order chi connectivity index (χ1) is 14.0. The van der Waals surface area contributed by atoms with Crippen LogP contribution in [0.4, 0.5) is 11.4 Å². The van der Waals surface area contributed by atoms with E-state index in [-0.39, 0.29) is 11.5 Å². The Bertz CT molecular complexity index is 1040. The molecule has 156 valence electrons. The van der Waals surface area contributed by atoms with Gasteiger partial charge in [-0.25, -0.2) is 4.90 Å². The molecule has 0 aromatic heterocycles. The molecule has 30 heavy (non-hydrogen) atoms. The van der Waals surface area contributed by atoms with Gasteiger partial charge in [0.15, 0.2) is 5.78 Å². The average Bonchev–Trinajstić information content (AvgIpc) is 3.14. The minimum absolute atomic E-state index is 0.118. The lowest BCUT2D eigenvalue weighted by Gasteiger charge is -2.33. The fourth-order valence-electron chi connectivity index (χ4n) is 4.52. The van der Waals surface area contributed by atoms with Gasteiger partial charge in [0.2, 0.25) is 11.8 Å². The fourth-order valence-corrected chi connectivity index (χ4v) is 4.52. The monoisotopic (exact) mass is 410 g/mol. The van der Waals surface area contributed by atoms with E-state index in [1.807, 2.05) is 0 Å². The van der Waals surface area contributed by atoms with Gasteiger partial charge in [-0.05, 0) is 24.6 Å². The summed E-state index contributed by atoms with van der Waals surface area (Å²) in [7, 11) is 0. The highest BCUT2D eigenvalue weighted by Crippen LogP contribution is 2.47. The quantitative estimate of drug-likeness (QED) is 0.429. The van der Waals surface area contributed by atoms with Crippen molar-refractivity contribution >= 4 is 35.2 Å². The highest BCUT2D eigenvalue weighted by atomic mass is 16.6. The molecule has 3 aliphatic heterocycles. The summed E-state index contributed by atoms with van der Waals surface area (Å²) in [5.41, 5.74) is -0.0895. The highest BCUT2D eigenvalue weighted by Gasteiger charge is 2.64. The van der Waals surface area contributed by atoms with Crippen molar-refractivity contribution in [1.82, 2.24) is 5.01 Å². The number of carbonyl (C=O) groups is 3. The van der Waals surface area contributed by atoms with E-state index < -0.39 is 46.1 Å². The van der Waals surface area contributed by atoms with E-state index in [0.717, 1.165) is 4.90 Å². The minimum Gasteiger partial charge on any atom is -0.297 e. The summed E-state index contributed by atoms with van der Waals surface area (Å²) in [6.45, 7) is 6.95. The molecule has 3 heterocycles. The number of imide groups is 1. The lowest BCUT2D eigenvalue weighted by molar-refractivity contribution is -0.384. The number of hydrogen-bond acceptors (Lipinski definition) is 7. The first-order valence-corrected chi connectivity index (χ1v) is 9.70. The van der Waals surface area contributed by atoms with Gasteiger partial charge in [-0.2, -0.15) is 5.10 Å². The van der Waals surface area contributed by atoms with Gasteiger partial charge >= 0.3 is 0 Å². The number of fused-ring (bicyclic) bond motifs is 3. The molecule has 0 spiro atoms. The minimum atomic E-state index is -0.858. The third-order valence-corrected chi connectivity index (χ3v) is 5.93. The predicted molar refractivity (Wildman–Crippen MR) is 109 cm³/mol. The molecule has 1 aromatic rings. The Kier molecular flexibility index (Phi) is 4.37. The number of hydrazone groups is 1. The summed E-state index contributed by atoms with van der Waals surface area (Å²) in [5.74, 6) is -2.64. The Hall–Kier alpha value is -3.36. The smallest absolute Gasteiger partial charge is 0.269 e. The first-order valence-electron chi connectivity index (χ1n) is 9.70. The lowest BCUT2D eigenvalue weighted by atomic mass is 9.80. The van der Waals surface area contributed by atoms with Crippen molar-refractivity contribution in [3.8, 4) is 0 Å². The van der Waals surface area contributed by atoms with Crippen molar-refractivity contribution in [2.75, 3.05) is 4.90 Å². The van der Waals surface area contributed by atoms with E-state index >= 15 is 0 Å². The molecule has 9 nitrogen and oxygen atoms in total. The number of nitrogens with zero attached hydrogens (tertiary/aromatic N) is 4. The van der Waals surface area contributed by atoms with Crippen LogP contribution < -0.4 is 4.90 Å². The van der Waals surface area contributed by atoms with E-state index in [0.29, 0.717) is 11.3 Å². The molecule has 2 fully saturated rings. The van der Waals surface area contributed by atoms with Crippen molar-refractivity contribution in [1.29, 1.82) is 0 Å². The van der Waals surface area contributed by atoms with Crippen LogP contribution in [0.1, 0.15) is 26.3 Å². The predicted octanol–water partition coefficient (Wildman–Crippen LogP) is 2.23. The van der Waals surface area contributed by atoms with Crippen LogP contribution >= 0.6 is 0 Å². The molecule has 2 saturated heterocycles. The maximum absolute atomic E-state index is 13.5.